The molecule has 0 radical (unpaired) electrons. The Balaban J connectivity index is 2.05. The van der Waals surface area contributed by atoms with Crippen LogP contribution in [0.3, 0.4) is 0 Å². The molecule has 0 spiro atoms. The highest BCUT2D eigenvalue weighted by molar-refractivity contribution is 5.74. The Morgan fingerprint density at radius 1 is 1.12 bits per heavy atom. The molecule has 25 heavy (non-hydrogen) atoms. The van der Waals surface area contributed by atoms with Crippen molar-refractivity contribution in [3.63, 3.8) is 0 Å². The Labute approximate surface area is 143 Å². The van der Waals surface area contributed by atoms with E-state index >= 15 is 0 Å². The van der Waals surface area contributed by atoms with Crippen LogP contribution < -0.4 is 10.1 Å². The Hall–Kier alpha value is -3.61. The number of phenols is 1. The van der Waals surface area contributed by atoms with Crippen LogP contribution in [-0.2, 0) is 0 Å². The van der Waals surface area contributed by atoms with Gasteiger partial charge < -0.3 is 15.2 Å². The summed E-state index contributed by atoms with van der Waals surface area (Å²) in [6.07, 6.45) is 0. The summed E-state index contributed by atoms with van der Waals surface area (Å²) in [6, 6.07) is 16.4. The summed E-state index contributed by atoms with van der Waals surface area (Å²) in [7, 11) is 1.56. The first-order valence-corrected chi connectivity index (χ1v) is 7.43. The Bertz CT molecular complexity index is 928. The molecule has 0 amide bonds. The molecule has 126 valence electrons. The predicted octanol–water partition coefficient (Wildman–Crippen LogP) is 4.11. The fourth-order valence-electron chi connectivity index (χ4n) is 2.42. The Morgan fingerprint density at radius 2 is 1.92 bits per heavy atom. The lowest BCUT2D eigenvalue weighted by Crippen LogP contribution is -2.00. The molecule has 0 unspecified atom stereocenters. The van der Waals surface area contributed by atoms with Gasteiger partial charge in [0.25, 0.3) is 5.69 Å². The highest BCUT2D eigenvalue weighted by atomic mass is 16.6. The van der Waals surface area contributed by atoms with Crippen LogP contribution in [0, 0.1) is 10.1 Å². The number of nitro groups is 1. The molecule has 2 N–H and O–H groups in total. The van der Waals surface area contributed by atoms with Gasteiger partial charge >= 0.3 is 0 Å². The summed E-state index contributed by atoms with van der Waals surface area (Å²) in [6.45, 7) is 0. The number of nitrogens with one attached hydrogen (secondary N) is 1. The number of para-hydroxylation sites is 2. The third-order valence-corrected chi connectivity index (χ3v) is 3.56. The number of pyridine rings is 1. The predicted molar refractivity (Wildman–Crippen MR) is 94.3 cm³/mol. The van der Waals surface area contributed by atoms with E-state index in [1.807, 2.05) is 18.2 Å². The molecule has 0 aliphatic heterocycles. The van der Waals surface area contributed by atoms with Gasteiger partial charge in [-0.2, -0.15) is 0 Å². The maximum absolute atomic E-state index is 11.3. The first kappa shape index (κ1) is 16.3. The molecule has 0 fully saturated rings. The number of ether oxygens (including phenoxy) is 1. The zero-order valence-electron chi connectivity index (χ0n) is 13.3. The van der Waals surface area contributed by atoms with E-state index in [0.29, 0.717) is 22.8 Å². The molecule has 0 saturated heterocycles. The van der Waals surface area contributed by atoms with Crippen LogP contribution in [-0.4, -0.2) is 22.1 Å². The molecule has 3 aromatic rings. The van der Waals surface area contributed by atoms with Crippen LogP contribution in [0.15, 0.2) is 60.7 Å². The van der Waals surface area contributed by atoms with Crippen molar-refractivity contribution in [2.75, 3.05) is 12.4 Å². The van der Waals surface area contributed by atoms with Crippen molar-refractivity contribution in [1.82, 2.24) is 4.98 Å². The van der Waals surface area contributed by atoms with Gasteiger partial charge in [0.2, 0.25) is 0 Å². The average Bonchev–Trinajstić information content (AvgIpc) is 2.62. The summed E-state index contributed by atoms with van der Waals surface area (Å²) in [5, 5.41) is 24.1. The van der Waals surface area contributed by atoms with Gasteiger partial charge in [-0.1, -0.05) is 24.3 Å². The molecule has 3 rings (SSSR count). The van der Waals surface area contributed by atoms with Gasteiger partial charge in [-0.3, -0.25) is 10.1 Å². The van der Waals surface area contributed by atoms with Crippen LogP contribution in [0.2, 0.25) is 0 Å². The molecule has 0 bridgehead atoms. The van der Waals surface area contributed by atoms with E-state index in [1.165, 1.54) is 24.3 Å². The summed E-state index contributed by atoms with van der Waals surface area (Å²) in [5.74, 6) is 1.06. The lowest BCUT2D eigenvalue weighted by atomic mass is 10.1. The minimum Gasteiger partial charge on any atom is -0.508 e. The topological polar surface area (TPSA) is 97.5 Å². The van der Waals surface area contributed by atoms with E-state index in [1.54, 1.807) is 25.3 Å². The van der Waals surface area contributed by atoms with Crippen molar-refractivity contribution in [3.8, 4) is 22.8 Å². The minimum atomic E-state index is -0.501. The molecule has 0 atom stereocenters. The fraction of sp³-hybridized carbons (Fsp3) is 0.0556. The summed E-state index contributed by atoms with van der Waals surface area (Å²) >= 11 is 0. The molecule has 7 heteroatoms. The van der Waals surface area contributed by atoms with Gasteiger partial charge in [0.05, 0.1) is 17.7 Å². The van der Waals surface area contributed by atoms with Crippen LogP contribution in [0.5, 0.6) is 11.5 Å². The van der Waals surface area contributed by atoms with E-state index in [-0.39, 0.29) is 17.1 Å². The average molecular weight is 337 g/mol. The third kappa shape index (κ3) is 3.50. The van der Waals surface area contributed by atoms with Crippen molar-refractivity contribution in [1.29, 1.82) is 0 Å². The second kappa shape index (κ2) is 6.88. The van der Waals surface area contributed by atoms with Gasteiger partial charge in [0.1, 0.15) is 17.3 Å². The van der Waals surface area contributed by atoms with Gasteiger partial charge in [-0.25, -0.2) is 4.98 Å². The lowest BCUT2D eigenvalue weighted by molar-refractivity contribution is -0.384. The smallest absolute Gasteiger partial charge is 0.295 e. The van der Waals surface area contributed by atoms with E-state index in [4.69, 9.17) is 4.74 Å². The van der Waals surface area contributed by atoms with Crippen molar-refractivity contribution in [2.45, 2.75) is 0 Å². The van der Waals surface area contributed by atoms with Crippen molar-refractivity contribution < 1.29 is 14.8 Å². The first-order valence-electron chi connectivity index (χ1n) is 7.43. The number of nitrogens with zero attached hydrogens (tertiary/aromatic N) is 2. The number of hydrogen-bond acceptors (Lipinski definition) is 6. The highest BCUT2D eigenvalue weighted by Crippen LogP contribution is 2.33. The quantitative estimate of drug-likeness (QED) is 0.537. The molecule has 2 aromatic carbocycles. The van der Waals surface area contributed by atoms with E-state index < -0.39 is 4.92 Å². The van der Waals surface area contributed by atoms with E-state index in [0.717, 1.165) is 0 Å². The molecule has 0 saturated carbocycles. The molecule has 7 nitrogen and oxygen atoms in total. The zero-order chi connectivity index (χ0) is 17.8. The van der Waals surface area contributed by atoms with Crippen molar-refractivity contribution >= 4 is 17.2 Å². The maximum Gasteiger partial charge on any atom is 0.295 e. The van der Waals surface area contributed by atoms with Gasteiger partial charge in [-0.15, -0.1) is 0 Å². The summed E-state index contributed by atoms with van der Waals surface area (Å²) in [5.41, 5.74) is 1.17. The number of aromatic nitrogens is 1. The molecular formula is C18H15N3O4. The molecule has 0 aliphatic carbocycles. The molecular weight excluding hydrogens is 322 g/mol. The lowest BCUT2D eigenvalue weighted by Gasteiger charge is -2.11. The van der Waals surface area contributed by atoms with Crippen LogP contribution in [0.1, 0.15) is 0 Å². The van der Waals surface area contributed by atoms with E-state index in [9.17, 15) is 15.2 Å². The number of methoxy groups -OCH3 is 1. The van der Waals surface area contributed by atoms with Gasteiger partial charge in [0, 0.05) is 11.6 Å². The van der Waals surface area contributed by atoms with Crippen molar-refractivity contribution in [2.24, 2.45) is 0 Å². The Morgan fingerprint density at radius 3 is 2.64 bits per heavy atom. The maximum atomic E-state index is 11.3. The number of rotatable bonds is 5. The van der Waals surface area contributed by atoms with Crippen LogP contribution >= 0.6 is 0 Å². The number of anilines is 2. The van der Waals surface area contributed by atoms with E-state index in [2.05, 4.69) is 10.3 Å². The molecule has 1 aromatic heterocycles. The number of aromatic hydroxyl groups is 1. The first-order chi connectivity index (χ1) is 12.1. The molecule has 1 heterocycles. The van der Waals surface area contributed by atoms with Crippen LogP contribution in [0.4, 0.5) is 17.2 Å². The SMILES string of the molecule is COc1ccccc1Nc1ccc([N+](=O)[O-])c(-c2cccc(O)c2)n1. The highest BCUT2D eigenvalue weighted by Gasteiger charge is 2.18. The summed E-state index contributed by atoms with van der Waals surface area (Å²) in [4.78, 5) is 15.2. The summed E-state index contributed by atoms with van der Waals surface area (Å²) < 4.78 is 5.28. The normalized spacial score (nSPS) is 10.3. The monoisotopic (exact) mass is 337 g/mol. The Kier molecular flexibility index (Phi) is 4.47. The van der Waals surface area contributed by atoms with Gasteiger partial charge in [0.15, 0.2) is 5.69 Å². The minimum absolute atomic E-state index is 0.0108. The van der Waals surface area contributed by atoms with Crippen LogP contribution in [0.25, 0.3) is 11.3 Å². The fourth-order valence-corrected chi connectivity index (χ4v) is 2.42. The largest absolute Gasteiger partial charge is 0.508 e. The van der Waals surface area contributed by atoms with Crippen molar-refractivity contribution in [3.05, 3.63) is 70.8 Å². The number of hydrogen-bond donors (Lipinski definition) is 2. The van der Waals surface area contributed by atoms with Gasteiger partial charge in [-0.05, 0) is 30.3 Å². The molecule has 0 aliphatic rings. The standard InChI is InChI=1S/C18H15N3O4/c1-25-16-8-3-2-7-14(16)19-17-10-9-15(21(23)24)18(20-17)12-5-4-6-13(22)11-12/h2-11,22H,1H3,(H,19,20). The second-order valence-electron chi connectivity index (χ2n) is 5.20. The number of phenolic OH excluding ortho intramolecular Hbond substituents is 1. The zero-order valence-corrected chi connectivity index (χ0v) is 13.3. The second-order valence-corrected chi connectivity index (χ2v) is 5.20. The number of benzene rings is 2. The third-order valence-electron chi connectivity index (χ3n) is 3.56.